The van der Waals surface area contributed by atoms with Crippen molar-refractivity contribution in [2.45, 2.75) is 25.8 Å². The maximum Gasteiger partial charge on any atom is 0.158 e. The molecule has 2 aromatic rings. The number of aromatic nitrogens is 2. The van der Waals surface area contributed by atoms with Crippen LogP contribution in [0.2, 0.25) is 0 Å². The minimum absolute atomic E-state index is 0.343. The van der Waals surface area contributed by atoms with Crippen LogP contribution in [0.4, 0.5) is 5.82 Å². The summed E-state index contributed by atoms with van der Waals surface area (Å²) in [5.74, 6) is 0.711. The highest BCUT2D eigenvalue weighted by Gasteiger charge is 2.14. The van der Waals surface area contributed by atoms with E-state index in [0.29, 0.717) is 11.5 Å². The van der Waals surface area contributed by atoms with Crippen LogP contribution in [0.15, 0.2) is 18.5 Å². The number of thiophene rings is 1. The molecule has 0 atom stereocenters. The Morgan fingerprint density at radius 3 is 3.00 bits per heavy atom. The predicted octanol–water partition coefficient (Wildman–Crippen LogP) is 2.51. The van der Waals surface area contributed by atoms with E-state index in [9.17, 15) is 0 Å². The lowest BCUT2D eigenvalue weighted by Crippen LogP contribution is -2.00. The van der Waals surface area contributed by atoms with Gasteiger partial charge in [-0.05, 0) is 30.9 Å². The van der Waals surface area contributed by atoms with Gasteiger partial charge < -0.3 is 5.32 Å². The van der Waals surface area contributed by atoms with Gasteiger partial charge >= 0.3 is 0 Å². The second-order valence-electron chi connectivity index (χ2n) is 4.27. The maximum atomic E-state index is 8.63. The van der Waals surface area contributed by atoms with Gasteiger partial charge in [-0.3, -0.25) is 0 Å². The monoisotopic (exact) mass is 256 g/mol. The summed E-state index contributed by atoms with van der Waals surface area (Å²) in [7, 11) is 0. The lowest BCUT2D eigenvalue weighted by Gasteiger charge is -2.02. The van der Waals surface area contributed by atoms with Gasteiger partial charge in [0, 0.05) is 9.75 Å². The van der Waals surface area contributed by atoms with Crippen molar-refractivity contribution < 1.29 is 0 Å². The molecule has 0 spiro atoms. The summed E-state index contributed by atoms with van der Waals surface area (Å²) in [6.45, 7) is 0.776. The number of fused-ring (bicyclic) bond motifs is 1. The Morgan fingerprint density at radius 1 is 1.33 bits per heavy atom. The normalized spacial score (nSPS) is 13.1. The topological polar surface area (TPSA) is 61.6 Å². The summed E-state index contributed by atoms with van der Waals surface area (Å²) < 4.78 is 0. The van der Waals surface area contributed by atoms with Crippen molar-refractivity contribution in [2.75, 3.05) is 5.32 Å². The highest BCUT2D eigenvalue weighted by atomic mass is 32.1. The molecule has 1 aliphatic rings. The van der Waals surface area contributed by atoms with Crippen molar-refractivity contribution in [3.63, 3.8) is 0 Å². The molecule has 4 nitrogen and oxygen atoms in total. The molecule has 5 heteroatoms. The predicted molar refractivity (Wildman–Crippen MR) is 70.4 cm³/mol. The standard InChI is InChI=1S/C13H12N4S/c14-5-10-6-16-13(8-15-10)17-7-11-4-9-2-1-3-12(9)18-11/h4,6,8H,1-3,7H2,(H,16,17). The lowest BCUT2D eigenvalue weighted by atomic mass is 10.2. The molecule has 0 aliphatic heterocycles. The van der Waals surface area contributed by atoms with Crippen molar-refractivity contribution >= 4 is 17.2 Å². The molecule has 0 bridgehead atoms. The van der Waals surface area contributed by atoms with Crippen molar-refractivity contribution in [2.24, 2.45) is 0 Å². The highest BCUT2D eigenvalue weighted by molar-refractivity contribution is 7.12. The van der Waals surface area contributed by atoms with Gasteiger partial charge in [-0.25, -0.2) is 9.97 Å². The Morgan fingerprint density at radius 2 is 2.28 bits per heavy atom. The second-order valence-corrected chi connectivity index (χ2v) is 5.49. The Bertz CT molecular complexity index is 573. The summed E-state index contributed by atoms with van der Waals surface area (Å²) in [4.78, 5) is 11.0. The van der Waals surface area contributed by atoms with Crippen LogP contribution in [0, 0.1) is 11.3 Å². The minimum Gasteiger partial charge on any atom is -0.364 e. The fourth-order valence-electron chi connectivity index (χ4n) is 2.13. The Kier molecular flexibility index (Phi) is 2.95. The molecule has 0 radical (unpaired) electrons. The van der Waals surface area contributed by atoms with E-state index in [1.807, 2.05) is 17.4 Å². The van der Waals surface area contributed by atoms with Crippen molar-refractivity contribution in [3.8, 4) is 6.07 Å². The summed E-state index contributed by atoms with van der Waals surface area (Å²) >= 11 is 1.89. The molecule has 90 valence electrons. The molecule has 2 heterocycles. The molecule has 3 rings (SSSR count). The molecular weight excluding hydrogens is 244 g/mol. The number of nitriles is 1. The fraction of sp³-hybridized carbons (Fsp3) is 0.308. The molecule has 0 amide bonds. The van der Waals surface area contributed by atoms with Crippen LogP contribution in [0.1, 0.15) is 27.4 Å². The lowest BCUT2D eigenvalue weighted by molar-refractivity contribution is 0.913. The molecule has 0 saturated heterocycles. The van der Waals surface area contributed by atoms with Crippen LogP contribution in [0.25, 0.3) is 0 Å². The number of aryl methyl sites for hydroxylation is 2. The van der Waals surface area contributed by atoms with Crippen molar-refractivity contribution in [1.29, 1.82) is 5.26 Å². The van der Waals surface area contributed by atoms with E-state index in [1.165, 1.54) is 40.8 Å². The Hall–Kier alpha value is -1.93. The molecule has 18 heavy (non-hydrogen) atoms. The van der Waals surface area contributed by atoms with Gasteiger partial charge in [-0.2, -0.15) is 5.26 Å². The van der Waals surface area contributed by atoms with E-state index in [1.54, 1.807) is 6.20 Å². The van der Waals surface area contributed by atoms with Gasteiger partial charge in [0.2, 0.25) is 0 Å². The third-order valence-electron chi connectivity index (χ3n) is 3.01. The number of hydrogen-bond acceptors (Lipinski definition) is 5. The first-order valence-corrected chi connectivity index (χ1v) is 6.73. The molecule has 0 fully saturated rings. The first-order chi connectivity index (χ1) is 8.85. The van der Waals surface area contributed by atoms with Gasteiger partial charge in [-0.1, -0.05) is 0 Å². The average Bonchev–Trinajstić information content (AvgIpc) is 2.97. The average molecular weight is 256 g/mol. The smallest absolute Gasteiger partial charge is 0.158 e. The molecule has 0 aromatic carbocycles. The zero-order valence-electron chi connectivity index (χ0n) is 9.81. The second kappa shape index (κ2) is 4.75. The molecule has 1 aliphatic carbocycles. The number of anilines is 1. The van der Waals surface area contributed by atoms with Gasteiger partial charge in [-0.15, -0.1) is 11.3 Å². The summed E-state index contributed by atoms with van der Waals surface area (Å²) in [5, 5.41) is 11.9. The quantitative estimate of drug-likeness (QED) is 0.916. The van der Waals surface area contributed by atoms with E-state index in [4.69, 9.17) is 5.26 Å². The molecule has 0 saturated carbocycles. The Balaban J connectivity index is 1.64. The summed E-state index contributed by atoms with van der Waals surface area (Å²) in [5.41, 5.74) is 1.86. The van der Waals surface area contributed by atoms with Crippen LogP contribution >= 0.6 is 11.3 Å². The maximum absolute atomic E-state index is 8.63. The van der Waals surface area contributed by atoms with Crippen LogP contribution in [-0.4, -0.2) is 9.97 Å². The van der Waals surface area contributed by atoms with E-state index in [-0.39, 0.29) is 0 Å². The molecular formula is C13H12N4S. The minimum atomic E-state index is 0.343. The van der Waals surface area contributed by atoms with Crippen LogP contribution in [0.5, 0.6) is 0 Å². The third kappa shape index (κ3) is 2.20. The first kappa shape index (κ1) is 11.2. The summed E-state index contributed by atoms with van der Waals surface area (Å²) in [6, 6.07) is 4.24. The zero-order valence-corrected chi connectivity index (χ0v) is 10.6. The van der Waals surface area contributed by atoms with Gasteiger partial charge in [0.05, 0.1) is 18.9 Å². The van der Waals surface area contributed by atoms with Crippen molar-refractivity contribution in [1.82, 2.24) is 9.97 Å². The SMILES string of the molecule is N#Cc1cnc(NCc2cc3c(s2)CCC3)cn1. The largest absolute Gasteiger partial charge is 0.364 e. The van der Waals surface area contributed by atoms with Crippen LogP contribution in [-0.2, 0) is 19.4 Å². The van der Waals surface area contributed by atoms with Crippen LogP contribution in [0.3, 0.4) is 0 Å². The summed E-state index contributed by atoms with van der Waals surface area (Å²) in [6.07, 6.45) is 6.84. The first-order valence-electron chi connectivity index (χ1n) is 5.91. The fourth-order valence-corrected chi connectivity index (χ4v) is 3.33. The number of nitrogens with one attached hydrogen (secondary N) is 1. The number of rotatable bonds is 3. The number of hydrogen-bond donors (Lipinski definition) is 1. The molecule has 2 aromatic heterocycles. The van der Waals surface area contributed by atoms with Crippen LogP contribution < -0.4 is 5.32 Å². The third-order valence-corrected chi connectivity index (χ3v) is 4.24. The van der Waals surface area contributed by atoms with E-state index in [2.05, 4.69) is 21.4 Å². The van der Waals surface area contributed by atoms with E-state index in [0.717, 1.165) is 6.54 Å². The van der Waals surface area contributed by atoms with Gasteiger partial charge in [0.25, 0.3) is 0 Å². The molecule has 0 unspecified atom stereocenters. The van der Waals surface area contributed by atoms with E-state index < -0.39 is 0 Å². The van der Waals surface area contributed by atoms with Gasteiger partial charge in [0.1, 0.15) is 11.9 Å². The van der Waals surface area contributed by atoms with E-state index >= 15 is 0 Å². The number of nitrogens with zero attached hydrogens (tertiary/aromatic N) is 3. The zero-order chi connectivity index (χ0) is 12.4. The van der Waals surface area contributed by atoms with Gasteiger partial charge in [0.15, 0.2) is 5.69 Å². The molecule has 1 N–H and O–H groups in total. The highest BCUT2D eigenvalue weighted by Crippen LogP contribution is 2.30. The Labute approximate surface area is 109 Å². The van der Waals surface area contributed by atoms with Crippen molar-refractivity contribution in [3.05, 3.63) is 39.5 Å².